The molecule has 0 atom stereocenters. The third kappa shape index (κ3) is 2.74. The van der Waals surface area contributed by atoms with Crippen molar-refractivity contribution in [2.45, 2.75) is 20.3 Å². The van der Waals surface area contributed by atoms with E-state index in [2.05, 4.69) is 21.5 Å². The number of allylic oxidation sites excluding steroid dienone is 1. The Morgan fingerprint density at radius 3 is 3.00 bits per heavy atom. The molecule has 0 aliphatic carbocycles. The lowest BCUT2D eigenvalue weighted by Crippen LogP contribution is -1.99. The van der Waals surface area contributed by atoms with Gasteiger partial charge in [-0.15, -0.1) is 0 Å². The fraction of sp³-hybridized carbons (Fsp3) is 0.500. The SMILES string of the molecule is C/C=C/CCNc1nc(C)no1. The first-order valence-electron chi connectivity index (χ1n) is 3.98. The van der Waals surface area contributed by atoms with Crippen LogP contribution in [0.2, 0.25) is 0 Å². The average molecular weight is 167 g/mol. The highest BCUT2D eigenvalue weighted by Crippen LogP contribution is 2.01. The molecule has 1 aromatic heterocycles. The molecule has 0 radical (unpaired) electrons. The van der Waals surface area contributed by atoms with E-state index in [1.165, 1.54) is 0 Å². The predicted octanol–water partition coefficient (Wildman–Crippen LogP) is 1.76. The second kappa shape index (κ2) is 4.54. The Balaban J connectivity index is 2.24. The van der Waals surface area contributed by atoms with E-state index in [4.69, 9.17) is 4.52 Å². The maximum absolute atomic E-state index is 4.85. The predicted molar refractivity (Wildman–Crippen MR) is 47.0 cm³/mol. The summed E-state index contributed by atoms with van der Waals surface area (Å²) in [5.41, 5.74) is 0. The highest BCUT2D eigenvalue weighted by molar-refractivity contribution is 5.17. The molecule has 1 rings (SSSR count). The van der Waals surface area contributed by atoms with Crippen LogP contribution in [0.5, 0.6) is 0 Å². The molecule has 4 nitrogen and oxygen atoms in total. The Morgan fingerprint density at radius 2 is 2.42 bits per heavy atom. The summed E-state index contributed by atoms with van der Waals surface area (Å²) in [6.45, 7) is 4.61. The first kappa shape index (κ1) is 8.77. The normalized spacial score (nSPS) is 10.8. The number of nitrogens with zero attached hydrogens (tertiary/aromatic N) is 2. The van der Waals surface area contributed by atoms with Crippen LogP contribution in [-0.2, 0) is 0 Å². The molecule has 0 amide bonds. The Bertz CT molecular complexity index is 255. The molecule has 0 aliphatic heterocycles. The molecule has 66 valence electrons. The van der Waals surface area contributed by atoms with E-state index in [0.717, 1.165) is 13.0 Å². The van der Waals surface area contributed by atoms with Gasteiger partial charge in [0.2, 0.25) is 0 Å². The summed E-state index contributed by atoms with van der Waals surface area (Å²) in [4.78, 5) is 4.00. The summed E-state index contributed by atoms with van der Waals surface area (Å²) >= 11 is 0. The van der Waals surface area contributed by atoms with E-state index in [0.29, 0.717) is 11.8 Å². The lowest BCUT2D eigenvalue weighted by Gasteiger charge is -1.94. The van der Waals surface area contributed by atoms with E-state index in [1.54, 1.807) is 6.92 Å². The third-order valence-electron chi connectivity index (χ3n) is 1.35. The van der Waals surface area contributed by atoms with Gasteiger partial charge in [0.25, 0.3) is 0 Å². The quantitative estimate of drug-likeness (QED) is 0.548. The van der Waals surface area contributed by atoms with Crippen LogP contribution in [0, 0.1) is 6.92 Å². The molecule has 0 bridgehead atoms. The van der Waals surface area contributed by atoms with Crippen molar-refractivity contribution in [3.63, 3.8) is 0 Å². The number of hydrogen-bond acceptors (Lipinski definition) is 4. The van der Waals surface area contributed by atoms with Crippen molar-refractivity contribution in [3.8, 4) is 0 Å². The lowest BCUT2D eigenvalue weighted by atomic mass is 10.4. The van der Waals surface area contributed by atoms with Crippen LogP contribution in [0.25, 0.3) is 0 Å². The zero-order valence-corrected chi connectivity index (χ0v) is 7.37. The summed E-state index contributed by atoms with van der Waals surface area (Å²) in [5, 5.41) is 6.66. The second-order valence-corrected chi connectivity index (χ2v) is 2.43. The molecule has 0 aromatic carbocycles. The standard InChI is InChI=1S/C8H13N3O/c1-3-4-5-6-9-8-10-7(2)11-12-8/h3-4H,5-6H2,1-2H3,(H,9,10,11)/b4-3+. The summed E-state index contributed by atoms with van der Waals surface area (Å²) in [6.07, 6.45) is 5.06. The molecule has 0 aliphatic rings. The molecule has 1 N–H and O–H groups in total. The minimum Gasteiger partial charge on any atom is -0.337 e. The smallest absolute Gasteiger partial charge is 0.321 e. The topological polar surface area (TPSA) is 51.0 Å². The van der Waals surface area contributed by atoms with Gasteiger partial charge in [-0.3, -0.25) is 0 Å². The largest absolute Gasteiger partial charge is 0.337 e. The number of hydrogen-bond donors (Lipinski definition) is 1. The Labute approximate surface area is 71.7 Å². The molecule has 0 saturated heterocycles. The van der Waals surface area contributed by atoms with Gasteiger partial charge >= 0.3 is 6.01 Å². The molecule has 0 fully saturated rings. The van der Waals surface area contributed by atoms with Crippen molar-refractivity contribution in [2.24, 2.45) is 0 Å². The molecule has 0 unspecified atom stereocenters. The first-order valence-corrected chi connectivity index (χ1v) is 3.98. The number of nitrogens with one attached hydrogen (secondary N) is 1. The molecular weight excluding hydrogens is 154 g/mol. The van der Waals surface area contributed by atoms with E-state index >= 15 is 0 Å². The zero-order chi connectivity index (χ0) is 8.81. The molecule has 4 heteroatoms. The van der Waals surface area contributed by atoms with Crippen LogP contribution >= 0.6 is 0 Å². The first-order chi connectivity index (χ1) is 5.83. The highest BCUT2D eigenvalue weighted by atomic mass is 16.5. The Morgan fingerprint density at radius 1 is 1.58 bits per heavy atom. The van der Waals surface area contributed by atoms with Crippen LogP contribution in [0.4, 0.5) is 6.01 Å². The van der Waals surface area contributed by atoms with Gasteiger partial charge in [-0.1, -0.05) is 17.3 Å². The van der Waals surface area contributed by atoms with Gasteiger partial charge in [-0.05, 0) is 20.3 Å². The average Bonchev–Trinajstić information content (AvgIpc) is 2.45. The summed E-state index contributed by atoms with van der Waals surface area (Å²) in [7, 11) is 0. The molecule has 12 heavy (non-hydrogen) atoms. The fourth-order valence-electron chi connectivity index (χ4n) is 0.798. The van der Waals surface area contributed by atoms with Gasteiger partial charge in [-0.25, -0.2) is 0 Å². The van der Waals surface area contributed by atoms with Crippen molar-refractivity contribution in [3.05, 3.63) is 18.0 Å². The number of anilines is 1. The van der Waals surface area contributed by atoms with Gasteiger partial charge in [0, 0.05) is 6.54 Å². The van der Waals surface area contributed by atoms with Crippen LogP contribution in [0.1, 0.15) is 19.2 Å². The summed E-state index contributed by atoms with van der Waals surface area (Å²) < 4.78 is 4.85. The molecule has 1 aromatic rings. The molecular formula is C8H13N3O. The van der Waals surface area contributed by atoms with E-state index in [1.807, 2.05) is 13.0 Å². The van der Waals surface area contributed by atoms with Crippen LogP contribution in [0.3, 0.4) is 0 Å². The maximum Gasteiger partial charge on any atom is 0.321 e. The molecule has 1 heterocycles. The Hall–Kier alpha value is -1.32. The Kier molecular flexibility index (Phi) is 3.32. The number of aryl methyl sites for hydroxylation is 1. The maximum atomic E-state index is 4.85. The van der Waals surface area contributed by atoms with Gasteiger partial charge in [-0.2, -0.15) is 4.98 Å². The summed E-state index contributed by atoms with van der Waals surface area (Å²) in [5.74, 6) is 0.656. The van der Waals surface area contributed by atoms with Crippen LogP contribution in [-0.4, -0.2) is 16.7 Å². The van der Waals surface area contributed by atoms with Gasteiger partial charge in [0.15, 0.2) is 5.82 Å². The van der Waals surface area contributed by atoms with Gasteiger partial charge < -0.3 is 9.84 Å². The monoisotopic (exact) mass is 167 g/mol. The highest BCUT2D eigenvalue weighted by Gasteiger charge is 1.98. The van der Waals surface area contributed by atoms with Crippen molar-refractivity contribution in [2.75, 3.05) is 11.9 Å². The minimum absolute atomic E-state index is 0.497. The fourth-order valence-corrected chi connectivity index (χ4v) is 0.798. The van der Waals surface area contributed by atoms with E-state index in [-0.39, 0.29) is 0 Å². The van der Waals surface area contributed by atoms with Crippen molar-refractivity contribution >= 4 is 6.01 Å². The lowest BCUT2D eigenvalue weighted by molar-refractivity contribution is 0.425. The minimum atomic E-state index is 0.497. The van der Waals surface area contributed by atoms with Crippen LogP contribution < -0.4 is 5.32 Å². The number of rotatable bonds is 4. The zero-order valence-electron chi connectivity index (χ0n) is 7.37. The molecule has 0 saturated carbocycles. The van der Waals surface area contributed by atoms with Crippen molar-refractivity contribution in [1.82, 2.24) is 10.1 Å². The van der Waals surface area contributed by atoms with E-state index in [9.17, 15) is 0 Å². The van der Waals surface area contributed by atoms with Crippen molar-refractivity contribution in [1.29, 1.82) is 0 Å². The second-order valence-electron chi connectivity index (χ2n) is 2.43. The number of aromatic nitrogens is 2. The van der Waals surface area contributed by atoms with Crippen LogP contribution in [0.15, 0.2) is 16.7 Å². The third-order valence-corrected chi connectivity index (χ3v) is 1.35. The van der Waals surface area contributed by atoms with Gasteiger partial charge in [0.05, 0.1) is 0 Å². The summed E-state index contributed by atoms with van der Waals surface area (Å²) in [6, 6.07) is 0.497. The van der Waals surface area contributed by atoms with E-state index < -0.39 is 0 Å². The van der Waals surface area contributed by atoms with Crippen molar-refractivity contribution < 1.29 is 4.52 Å². The molecule has 0 spiro atoms. The van der Waals surface area contributed by atoms with Gasteiger partial charge in [0.1, 0.15) is 0 Å².